The van der Waals surface area contributed by atoms with Crippen LogP contribution in [0.2, 0.25) is 0 Å². The second kappa shape index (κ2) is 8.56. The molecule has 1 aliphatic heterocycles. The molecule has 0 spiro atoms. The molecule has 1 saturated heterocycles. The topological polar surface area (TPSA) is 75.1 Å². The first-order chi connectivity index (χ1) is 13.8. The molecule has 2 amide bonds. The van der Waals surface area contributed by atoms with E-state index in [1.165, 1.54) is 0 Å². The predicted molar refractivity (Wildman–Crippen MR) is 108 cm³/mol. The van der Waals surface area contributed by atoms with Crippen LogP contribution < -0.4 is 15.5 Å². The average molecular weight is 376 g/mol. The van der Waals surface area contributed by atoms with Crippen molar-refractivity contribution >= 4 is 11.8 Å². The molecular formula is C21H24N6O. The van der Waals surface area contributed by atoms with Crippen LogP contribution in [-0.4, -0.2) is 39.9 Å². The highest BCUT2D eigenvalue weighted by atomic mass is 16.2. The molecule has 4 rings (SSSR count). The van der Waals surface area contributed by atoms with Gasteiger partial charge >= 0.3 is 6.03 Å². The highest BCUT2D eigenvalue weighted by Crippen LogP contribution is 2.17. The van der Waals surface area contributed by atoms with Crippen molar-refractivity contribution in [3.05, 3.63) is 72.7 Å². The Balaban J connectivity index is 1.22. The van der Waals surface area contributed by atoms with Crippen LogP contribution in [-0.2, 0) is 6.54 Å². The maximum atomic E-state index is 12.2. The summed E-state index contributed by atoms with van der Waals surface area (Å²) in [6, 6.07) is 15.9. The van der Waals surface area contributed by atoms with Gasteiger partial charge in [0.1, 0.15) is 5.82 Å². The van der Waals surface area contributed by atoms with E-state index in [2.05, 4.69) is 25.6 Å². The van der Waals surface area contributed by atoms with Crippen molar-refractivity contribution in [2.75, 3.05) is 18.0 Å². The van der Waals surface area contributed by atoms with Crippen LogP contribution in [0.1, 0.15) is 18.4 Å². The quantitative estimate of drug-likeness (QED) is 0.718. The van der Waals surface area contributed by atoms with Crippen molar-refractivity contribution in [2.24, 2.45) is 0 Å². The molecule has 2 aromatic heterocycles. The normalized spacial score (nSPS) is 14.6. The Kier molecular flexibility index (Phi) is 5.51. The molecule has 144 valence electrons. The summed E-state index contributed by atoms with van der Waals surface area (Å²) in [5, 5.41) is 10.4. The van der Waals surface area contributed by atoms with Gasteiger partial charge in [0.2, 0.25) is 0 Å². The van der Waals surface area contributed by atoms with E-state index in [1.54, 1.807) is 6.20 Å². The molecule has 1 aromatic carbocycles. The molecule has 3 heterocycles. The molecule has 0 saturated carbocycles. The Labute approximate surface area is 164 Å². The molecule has 0 unspecified atom stereocenters. The second-order valence-electron chi connectivity index (χ2n) is 6.90. The van der Waals surface area contributed by atoms with Gasteiger partial charge in [-0.25, -0.2) is 14.5 Å². The van der Waals surface area contributed by atoms with Gasteiger partial charge in [-0.05, 0) is 37.1 Å². The second-order valence-corrected chi connectivity index (χ2v) is 6.90. The van der Waals surface area contributed by atoms with Crippen LogP contribution in [0.15, 0.2) is 67.1 Å². The maximum Gasteiger partial charge on any atom is 0.315 e. The first-order valence-electron chi connectivity index (χ1n) is 9.57. The molecule has 7 heteroatoms. The summed E-state index contributed by atoms with van der Waals surface area (Å²) in [5.74, 6) is 1.00. The van der Waals surface area contributed by atoms with E-state index in [0.29, 0.717) is 6.54 Å². The van der Waals surface area contributed by atoms with Crippen molar-refractivity contribution in [1.82, 2.24) is 25.4 Å². The van der Waals surface area contributed by atoms with E-state index in [0.717, 1.165) is 43.0 Å². The Bertz CT molecular complexity index is 888. The molecule has 2 N–H and O–H groups in total. The van der Waals surface area contributed by atoms with Gasteiger partial charge in [0.05, 0.1) is 11.9 Å². The molecule has 0 radical (unpaired) electrons. The lowest BCUT2D eigenvalue weighted by Gasteiger charge is -2.33. The number of amides is 2. The zero-order valence-corrected chi connectivity index (χ0v) is 15.7. The number of carbonyl (C=O) groups is 1. The summed E-state index contributed by atoms with van der Waals surface area (Å²) in [6.45, 7) is 2.24. The van der Waals surface area contributed by atoms with Gasteiger partial charge in [-0.2, -0.15) is 5.10 Å². The SMILES string of the molecule is O=C(NCc1cnn(-c2ccccc2)c1)NC1CCN(c2ccccn2)CC1. The number of nitrogens with zero attached hydrogens (tertiary/aromatic N) is 4. The van der Waals surface area contributed by atoms with Crippen molar-refractivity contribution < 1.29 is 4.79 Å². The van der Waals surface area contributed by atoms with Gasteiger partial charge in [-0.3, -0.25) is 0 Å². The molecule has 1 aliphatic rings. The number of nitrogens with one attached hydrogen (secondary N) is 2. The largest absolute Gasteiger partial charge is 0.356 e. The summed E-state index contributed by atoms with van der Waals surface area (Å²) in [4.78, 5) is 18.9. The summed E-state index contributed by atoms with van der Waals surface area (Å²) < 4.78 is 1.81. The average Bonchev–Trinajstić information content (AvgIpc) is 3.23. The van der Waals surface area contributed by atoms with Crippen LogP contribution >= 0.6 is 0 Å². The number of anilines is 1. The number of rotatable bonds is 5. The first kappa shape index (κ1) is 18.0. The van der Waals surface area contributed by atoms with Gasteiger partial charge in [-0.1, -0.05) is 24.3 Å². The minimum Gasteiger partial charge on any atom is -0.356 e. The van der Waals surface area contributed by atoms with E-state index in [4.69, 9.17) is 0 Å². The molecule has 28 heavy (non-hydrogen) atoms. The van der Waals surface area contributed by atoms with Gasteiger partial charge in [-0.15, -0.1) is 0 Å². The summed E-state index contributed by atoms with van der Waals surface area (Å²) in [7, 11) is 0. The molecule has 7 nitrogen and oxygen atoms in total. The molecular weight excluding hydrogens is 352 g/mol. The number of urea groups is 1. The Hall–Kier alpha value is -3.35. The predicted octanol–water partition coefficient (Wildman–Crippen LogP) is 2.74. The van der Waals surface area contributed by atoms with Gasteiger partial charge in [0.25, 0.3) is 0 Å². The fourth-order valence-corrected chi connectivity index (χ4v) is 3.39. The molecule has 3 aromatic rings. The number of aromatic nitrogens is 3. The van der Waals surface area contributed by atoms with Crippen molar-refractivity contribution in [2.45, 2.75) is 25.4 Å². The molecule has 0 atom stereocenters. The third-order valence-electron chi connectivity index (χ3n) is 4.91. The van der Waals surface area contributed by atoms with E-state index < -0.39 is 0 Å². The number of benzene rings is 1. The number of hydrogen-bond acceptors (Lipinski definition) is 4. The van der Waals surface area contributed by atoms with Gasteiger partial charge in [0, 0.05) is 43.6 Å². The standard InChI is InChI=1S/C21H24N6O/c28-21(23-14-17-15-24-27(16-17)19-6-2-1-3-7-19)25-18-9-12-26(13-10-18)20-8-4-5-11-22-20/h1-8,11,15-16,18H,9-10,12-14H2,(H2,23,25,28). The smallest absolute Gasteiger partial charge is 0.315 e. The van der Waals surface area contributed by atoms with E-state index >= 15 is 0 Å². The lowest BCUT2D eigenvalue weighted by Crippen LogP contribution is -2.47. The number of para-hydroxylation sites is 1. The fourth-order valence-electron chi connectivity index (χ4n) is 3.39. The van der Waals surface area contributed by atoms with Crippen molar-refractivity contribution in [3.63, 3.8) is 0 Å². The zero-order valence-electron chi connectivity index (χ0n) is 15.7. The zero-order chi connectivity index (χ0) is 19.2. The molecule has 0 aliphatic carbocycles. The van der Waals surface area contributed by atoms with Gasteiger partial charge < -0.3 is 15.5 Å². The van der Waals surface area contributed by atoms with Crippen LogP contribution in [0.5, 0.6) is 0 Å². The van der Waals surface area contributed by atoms with Crippen molar-refractivity contribution in [3.8, 4) is 5.69 Å². The van der Waals surface area contributed by atoms with E-state index in [9.17, 15) is 4.79 Å². The number of hydrogen-bond donors (Lipinski definition) is 2. The Morgan fingerprint density at radius 3 is 2.61 bits per heavy atom. The maximum absolute atomic E-state index is 12.2. The van der Waals surface area contributed by atoms with E-state index in [1.807, 2.05) is 65.6 Å². The van der Waals surface area contributed by atoms with Gasteiger partial charge in [0.15, 0.2) is 0 Å². The first-order valence-corrected chi connectivity index (χ1v) is 9.57. The highest BCUT2D eigenvalue weighted by Gasteiger charge is 2.21. The summed E-state index contributed by atoms with van der Waals surface area (Å²) >= 11 is 0. The van der Waals surface area contributed by atoms with Crippen LogP contribution in [0.4, 0.5) is 10.6 Å². The Morgan fingerprint density at radius 2 is 1.86 bits per heavy atom. The fraction of sp³-hybridized carbons (Fsp3) is 0.286. The number of carbonyl (C=O) groups excluding carboxylic acids is 1. The monoisotopic (exact) mass is 376 g/mol. The van der Waals surface area contributed by atoms with Crippen LogP contribution in [0, 0.1) is 0 Å². The van der Waals surface area contributed by atoms with Crippen LogP contribution in [0.3, 0.4) is 0 Å². The van der Waals surface area contributed by atoms with Crippen molar-refractivity contribution in [1.29, 1.82) is 0 Å². The highest BCUT2D eigenvalue weighted by molar-refractivity contribution is 5.74. The third kappa shape index (κ3) is 4.49. The Morgan fingerprint density at radius 1 is 1.07 bits per heavy atom. The summed E-state index contributed by atoms with van der Waals surface area (Å²) in [6.07, 6.45) is 7.35. The third-order valence-corrected chi connectivity index (χ3v) is 4.91. The number of pyridine rings is 1. The molecule has 0 bridgehead atoms. The molecule has 1 fully saturated rings. The summed E-state index contributed by atoms with van der Waals surface area (Å²) in [5.41, 5.74) is 1.96. The lowest BCUT2D eigenvalue weighted by atomic mass is 10.1. The van der Waals surface area contributed by atoms with Crippen LogP contribution in [0.25, 0.3) is 5.69 Å². The minimum absolute atomic E-state index is 0.135. The lowest BCUT2D eigenvalue weighted by molar-refractivity contribution is 0.234. The minimum atomic E-state index is -0.135. The van der Waals surface area contributed by atoms with E-state index in [-0.39, 0.29) is 12.1 Å². The number of piperidine rings is 1.